The molecule has 2 fully saturated rings. The Morgan fingerprint density at radius 2 is 1.89 bits per heavy atom. The van der Waals surface area contributed by atoms with Crippen LogP contribution in [0.25, 0.3) is 0 Å². The number of piperidine rings is 1. The van der Waals surface area contributed by atoms with Gasteiger partial charge >= 0.3 is 12.4 Å². The Morgan fingerprint density at radius 3 is 2.43 bits per heavy atom. The predicted octanol–water partition coefficient (Wildman–Crippen LogP) is 4.09. The highest BCUT2D eigenvalue weighted by Crippen LogP contribution is 2.64. The molecule has 2 aromatic rings. The lowest BCUT2D eigenvalue weighted by Crippen LogP contribution is -2.36. The lowest BCUT2D eigenvalue weighted by molar-refractivity contribution is -0.189. The van der Waals surface area contributed by atoms with Crippen LogP contribution in [0, 0.1) is 11.8 Å². The van der Waals surface area contributed by atoms with Crippen molar-refractivity contribution in [2.24, 2.45) is 11.8 Å². The van der Waals surface area contributed by atoms with E-state index in [0.29, 0.717) is 0 Å². The summed E-state index contributed by atoms with van der Waals surface area (Å²) in [5.41, 5.74) is -1.27. The molecule has 7 nitrogen and oxygen atoms in total. The molecule has 35 heavy (non-hydrogen) atoms. The first-order valence-electron chi connectivity index (χ1n) is 10.4. The van der Waals surface area contributed by atoms with E-state index in [9.17, 15) is 39.6 Å². The van der Waals surface area contributed by atoms with Crippen LogP contribution in [0.3, 0.4) is 0 Å². The molecule has 1 aliphatic carbocycles. The maximum atomic E-state index is 13.3. The van der Waals surface area contributed by atoms with Crippen LogP contribution in [0.1, 0.15) is 35.7 Å². The molecule has 0 unspecified atom stereocenters. The Morgan fingerprint density at radius 1 is 1.23 bits per heavy atom. The summed E-state index contributed by atoms with van der Waals surface area (Å²) in [5, 5.41) is 3.56. The molecule has 0 N–H and O–H groups in total. The number of amides is 1. The molecule has 1 saturated heterocycles. The van der Waals surface area contributed by atoms with Gasteiger partial charge in [0.2, 0.25) is 5.76 Å². The van der Waals surface area contributed by atoms with Gasteiger partial charge in [0, 0.05) is 30.8 Å². The number of sulfone groups is 1. The Kier molecular flexibility index (Phi) is 5.69. The summed E-state index contributed by atoms with van der Waals surface area (Å²) in [6.45, 7) is 2.55. The first-order chi connectivity index (χ1) is 16.0. The zero-order valence-corrected chi connectivity index (χ0v) is 19.4. The smallest absolute Gasteiger partial charge is 0.452 e. The number of likely N-dealkylation sites (tertiary alicyclic amines) is 1. The molecule has 1 aromatic carbocycles. The normalized spacial score (nSPS) is 25.3. The summed E-state index contributed by atoms with van der Waals surface area (Å²) < 4.78 is 111. The number of fused-ring (bicyclic) bond motifs is 1. The van der Waals surface area contributed by atoms with E-state index in [-0.39, 0.29) is 35.5 Å². The van der Waals surface area contributed by atoms with E-state index < -0.39 is 56.7 Å². The van der Waals surface area contributed by atoms with Crippen LogP contribution < -0.4 is 4.74 Å². The van der Waals surface area contributed by atoms with Crippen molar-refractivity contribution in [1.29, 1.82) is 0 Å². The van der Waals surface area contributed by atoms with Crippen molar-refractivity contribution in [3.05, 3.63) is 41.3 Å². The van der Waals surface area contributed by atoms with Gasteiger partial charge in [-0.05, 0) is 37.0 Å². The molecular formula is C21H20F6N2O5S. The van der Waals surface area contributed by atoms with Gasteiger partial charge in [-0.25, -0.2) is 8.42 Å². The Balaban J connectivity index is 1.66. The van der Waals surface area contributed by atoms with Crippen LogP contribution in [0.2, 0.25) is 0 Å². The van der Waals surface area contributed by atoms with E-state index in [1.807, 2.05) is 0 Å². The van der Waals surface area contributed by atoms with Gasteiger partial charge in [-0.15, -0.1) is 0 Å². The number of aromatic nitrogens is 1. The molecule has 0 spiro atoms. The van der Waals surface area contributed by atoms with E-state index in [1.165, 1.54) is 4.90 Å². The minimum atomic E-state index is -4.74. The first-order valence-corrected chi connectivity index (χ1v) is 12.3. The van der Waals surface area contributed by atoms with Crippen molar-refractivity contribution in [3.63, 3.8) is 0 Å². The third kappa shape index (κ3) is 4.36. The lowest BCUT2D eigenvalue weighted by atomic mass is 9.98. The van der Waals surface area contributed by atoms with E-state index in [0.717, 1.165) is 37.4 Å². The van der Waals surface area contributed by atoms with Gasteiger partial charge in [-0.2, -0.15) is 26.3 Å². The SMILES string of the molecule is C[C@@H](Oc1ccc(S(C)(=O)=O)cc1C(=O)N1C[C@@H]2[C@H](C)[C@]2(c2cc(C(F)(F)F)on2)C1)C(F)(F)F. The van der Waals surface area contributed by atoms with Crippen molar-refractivity contribution in [2.75, 3.05) is 19.3 Å². The Bertz CT molecular complexity index is 1270. The van der Waals surface area contributed by atoms with E-state index in [4.69, 9.17) is 4.74 Å². The highest BCUT2D eigenvalue weighted by atomic mass is 32.2. The molecule has 1 aromatic heterocycles. The summed E-state index contributed by atoms with van der Waals surface area (Å²) in [5.74, 6) is -2.92. The van der Waals surface area contributed by atoms with Crippen molar-refractivity contribution in [2.45, 2.75) is 42.6 Å². The van der Waals surface area contributed by atoms with Gasteiger partial charge in [0.05, 0.1) is 16.2 Å². The summed E-state index contributed by atoms with van der Waals surface area (Å²) in [4.78, 5) is 14.3. The zero-order chi connectivity index (χ0) is 26.1. The number of alkyl halides is 6. The summed E-state index contributed by atoms with van der Waals surface area (Å²) >= 11 is 0. The standard InChI is InChI=1S/C21H20F6N2O5S/c1-10-14-8-29(9-19(10,14)16-7-17(34-28-16)21(25,26)27)18(30)13-6-12(35(3,31)32)4-5-15(13)33-11(2)20(22,23)24/h4-7,10-11,14H,8-9H2,1-3H3/t10-,11+,14+,19+/m0/s1. The molecule has 192 valence electrons. The average molecular weight is 526 g/mol. The third-order valence-electron chi connectivity index (χ3n) is 6.77. The van der Waals surface area contributed by atoms with Crippen LogP contribution in [-0.4, -0.2) is 56.0 Å². The first kappa shape index (κ1) is 25.3. The zero-order valence-electron chi connectivity index (χ0n) is 18.6. The van der Waals surface area contributed by atoms with Crippen LogP contribution in [0.5, 0.6) is 5.75 Å². The van der Waals surface area contributed by atoms with Crippen LogP contribution >= 0.6 is 0 Å². The number of ether oxygens (including phenoxy) is 1. The van der Waals surface area contributed by atoms with Crippen LogP contribution in [-0.2, 0) is 21.4 Å². The van der Waals surface area contributed by atoms with E-state index in [1.54, 1.807) is 6.92 Å². The van der Waals surface area contributed by atoms with Gasteiger partial charge in [0.25, 0.3) is 5.91 Å². The predicted molar refractivity (Wildman–Crippen MR) is 107 cm³/mol. The van der Waals surface area contributed by atoms with Crippen LogP contribution in [0.4, 0.5) is 26.3 Å². The highest BCUT2D eigenvalue weighted by molar-refractivity contribution is 7.90. The molecule has 0 bridgehead atoms. The topological polar surface area (TPSA) is 89.7 Å². The Hall–Kier alpha value is -2.77. The number of hydrogen-bond acceptors (Lipinski definition) is 6. The average Bonchev–Trinajstić information content (AvgIpc) is 3.16. The fourth-order valence-corrected chi connectivity index (χ4v) is 5.30. The fraction of sp³-hybridized carbons (Fsp3) is 0.524. The van der Waals surface area contributed by atoms with E-state index >= 15 is 0 Å². The molecule has 4 rings (SSSR count). The van der Waals surface area contributed by atoms with Crippen molar-refractivity contribution in [3.8, 4) is 5.75 Å². The van der Waals surface area contributed by atoms with Gasteiger partial charge in [-0.3, -0.25) is 4.79 Å². The number of rotatable bonds is 5. The molecule has 1 saturated carbocycles. The van der Waals surface area contributed by atoms with Crippen LogP contribution in [0.15, 0.2) is 33.7 Å². The number of carbonyl (C=O) groups excluding carboxylic acids is 1. The molecular weight excluding hydrogens is 506 g/mol. The maximum absolute atomic E-state index is 13.3. The second-order valence-corrected chi connectivity index (χ2v) is 10.9. The third-order valence-corrected chi connectivity index (χ3v) is 7.88. The molecule has 4 atom stereocenters. The van der Waals surface area contributed by atoms with Gasteiger partial charge in [0.15, 0.2) is 15.9 Å². The molecule has 0 radical (unpaired) electrons. The lowest BCUT2D eigenvalue weighted by Gasteiger charge is -2.25. The second-order valence-electron chi connectivity index (χ2n) is 8.93. The number of benzene rings is 1. The minimum absolute atomic E-state index is 0.0321. The summed E-state index contributed by atoms with van der Waals surface area (Å²) in [6, 6.07) is 3.74. The number of halogens is 6. The molecule has 1 aliphatic heterocycles. The molecule has 1 amide bonds. The summed E-state index contributed by atoms with van der Waals surface area (Å²) in [7, 11) is -3.81. The largest absolute Gasteiger partial charge is 0.480 e. The number of hydrogen-bond donors (Lipinski definition) is 0. The maximum Gasteiger partial charge on any atom is 0.452 e. The van der Waals surface area contributed by atoms with Gasteiger partial charge in [-0.1, -0.05) is 12.1 Å². The molecule has 2 aliphatic rings. The fourth-order valence-electron chi connectivity index (χ4n) is 4.65. The van der Waals surface area contributed by atoms with Crippen molar-refractivity contribution in [1.82, 2.24) is 10.1 Å². The van der Waals surface area contributed by atoms with Crippen molar-refractivity contribution >= 4 is 15.7 Å². The summed E-state index contributed by atoms with van der Waals surface area (Å²) in [6.07, 6.45) is -10.9. The molecule has 14 heteroatoms. The van der Waals surface area contributed by atoms with E-state index in [2.05, 4.69) is 9.68 Å². The quantitative estimate of drug-likeness (QED) is 0.546. The highest BCUT2D eigenvalue weighted by Gasteiger charge is 2.70. The minimum Gasteiger partial charge on any atom is -0.480 e. The Labute approximate surface area is 195 Å². The van der Waals surface area contributed by atoms with Crippen molar-refractivity contribution < 1.29 is 48.8 Å². The number of carbonyl (C=O) groups is 1. The van der Waals surface area contributed by atoms with Gasteiger partial charge in [0.1, 0.15) is 5.75 Å². The molecule has 2 heterocycles. The second kappa shape index (κ2) is 7.87. The number of nitrogens with zero attached hydrogens (tertiary/aromatic N) is 2. The monoisotopic (exact) mass is 526 g/mol. The van der Waals surface area contributed by atoms with Gasteiger partial charge < -0.3 is 14.2 Å².